The Balaban J connectivity index is 0.000000162. The normalized spacial score (nSPS) is 17.7. The quantitative estimate of drug-likeness (QED) is 0.490. The predicted octanol–water partition coefficient (Wildman–Crippen LogP) is 0.0954. The molecule has 1 rings (SSSR count). The molecule has 0 radical (unpaired) electrons. The predicted molar refractivity (Wildman–Crippen MR) is 32.4 cm³/mol. The zero-order chi connectivity index (χ0) is 5.54. The molecule has 0 amide bonds. The molecule has 0 aromatic heterocycles. The molecule has 1 fully saturated rings. The Morgan fingerprint density at radius 3 is 2.43 bits per heavy atom. The lowest BCUT2D eigenvalue weighted by Gasteiger charge is -1.74. The molecule has 0 unspecified atom stereocenters. The Morgan fingerprint density at radius 1 is 1.57 bits per heavy atom. The highest BCUT2D eigenvalue weighted by molar-refractivity contribution is 7.99. The van der Waals surface area contributed by atoms with Crippen molar-refractivity contribution in [3.05, 3.63) is 0 Å². The largest absolute Gasteiger partial charge is 0.307 e. The second kappa shape index (κ2) is 5.98. The van der Waals surface area contributed by atoms with Crippen LogP contribution in [-0.2, 0) is 4.79 Å². The zero-order valence-corrected chi connectivity index (χ0v) is 4.96. The third kappa shape index (κ3) is 3.82. The van der Waals surface area contributed by atoms with Crippen molar-refractivity contribution in [3.8, 4) is 0 Å². The molecule has 0 saturated carbocycles. The van der Waals surface area contributed by atoms with E-state index in [1.165, 1.54) is 18.2 Å². The second-order valence-corrected chi connectivity index (χ2v) is 2.16. The highest BCUT2D eigenvalue weighted by atomic mass is 32.2. The van der Waals surface area contributed by atoms with Crippen LogP contribution in [0.25, 0.3) is 0 Å². The Hall–Kier alpha value is -0.0200. The molecule has 0 aliphatic carbocycles. The van der Waals surface area contributed by atoms with Gasteiger partial charge in [0.25, 0.3) is 0 Å². The molecule has 1 aliphatic heterocycles. The first kappa shape index (κ1) is 6.98. The van der Waals surface area contributed by atoms with E-state index in [0.717, 1.165) is 0 Å². The van der Waals surface area contributed by atoms with Gasteiger partial charge in [0.15, 0.2) is 0 Å². The minimum absolute atomic E-state index is 1.17. The topological polar surface area (TPSA) is 29.1 Å². The van der Waals surface area contributed by atoms with E-state index >= 15 is 0 Å². The second-order valence-electron chi connectivity index (χ2n) is 1.05. The van der Waals surface area contributed by atoms with Crippen molar-refractivity contribution in [3.63, 3.8) is 0 Å². The van der Waals surface area contributed by atoms with Gasteiger partial charge in [-0.1, -0.05) is 0 Å². The van der Waals surface area contributed by atoms with Crippen LogP contribution < -0.4 is 5.32 Å². The van der Waals surface area contributed by atoms with Crippen LogP contribution in [0.1, 0.15) is 0 Å². The summed E-state index contributed by atoms with van der Waals surface area (Å²) in [6.45, 7) is 3.21. The monoisotopic (exact) mass is 119 g/mol. The fraction of sp³-hybridized carbons (Fsp3) is 0.750. The van der Waals surface area contributed by atoms with Crippen LogP contribution in [0.5, 0.6) is 0 Å². The van der Waals surface area contributed by atoms with Gasteiger partial charge >= 0.3 is 0 Å². The van der Waals surface area contributed by atoms with E-state index in [9.17, 15) is 0 Å². The highest BCUT2D eigenvalue weighted by Gasteiger charge is 1.93. The van der Waals surface area contributed by atoms with Crippen LogP contribution in [0.15, 0.2) is 0 Å². The fourth-order valence-electron chi connectivity index (χ4n) is 0.361. The summed E-state index contributed by atoms with van der Waals surface area (Å²) in [7, 11) is 0. The maximum Gasteiger partial charge on any atom is 0.106 e. The summed E-state index contributed by atoms with van der Waals surface area (Å²) in [5.74, 6) is 2.47. The lowest BCUT2D eigenvalue weighted by molar-refractivity contribution is -0.0979. The van der Waals surface area contributed by atoms with Gasteiger partial charge in [0.05, 0.1) is 0 Å². The van der Waals surface area contributed by atoms with Crippen LogP contribution in [0.3, 0.4) is 0 Å². The highest BCUT2D eigenvalue weighted by Crippen LogP contribution is 1.99. The summed E-state index contributed by atoms with van der Waals surface area (Å²) >= 11 is 1.96. The maximum absolute atomic E-state index is 8.00. The number of hydrogen-bond acceptors (Lipinski definition) is 3. The van der Waals surface area contributed by atoms with E-state index in [1.54, 1.807) is 0 Å². The van der Waals surface area contributed by atoms with Crippen molar-refractivity contribution in [2.24, 2.45) is 0 Å². The third-order valence-corrected chi connectivity index (χ3v) is 1.53. The third-order valence-electron chi connectivity index (χ3n) is 0.627. The zero-order valence-electron chi connectivity index (χ0n) is 4.14. The van der Waals surface area contributed by atoms with Gasteiger partial charge in [-0.3, -0.25) is 0 Å². The van der Waals surface area contributed by atoms with Crippen LogP contribution in [0.2, 0.25) is 0 Å². The molecule has 1 saturated heterocycles. The molecule has 1 N–H and O–H groups in total. The average molecular weight is 119 g/mol. The summed E-state index contributed by atoms with van der Waals surface area (Å²) < 4.78 is 0. The smallest absolute Gasteiger partial charge is 0.106 e. The Bertz CT molecular complexity index is 31.1. The molecule has 0 bridgehead atoms. The van der Waals surface area contributed by atoms with Gasteiger partial charge < -0.3 is 10.1 Å². The van der Waals surface area contributed by atoms with Gasteiger partial charge in [-0.25, -0.2) is 0 Å². The molecule has 1 aliphatic rings. The van der Waals surface area contributed by atoms with E-state index in [-0.39, 0.29) is 0 Å². The summed E-state index contributed by atoms with van der Waals surface area (Å²) in [4.78, 5) is 8.00. The SMILES string of the molecule is C1CSCN1.C=O. The van der Waals surface area contributed by atoms with Gasteiger partial charge in [-0.15, -0.1) is 11.8 Å². The number of carbonyl (C=O) groups is 1. The Kier molecular flexibility index (Phi) is 5.96. The van der Waals surface area contributed by atoms with Crippen molar-refractivity contribution in [2.45, 2.75) is 0 Å². The van der Waals surface area contributed by atoms with Gasteiger partial charge in [-0.05, 0) is 0 Å². The van der Waals surface area contributed by atoms with Crippen molar-refractivity contribution in [2.75, 3.05) is 18.2 Å². The molecule has 0 atom stereocenters. The van der Waals surface area contributed by atoms with E-state index in [1.807, 2.05) is 18.6 Å². The molecule has 3 heteroatoms. The van der Waals surface area contributed by atoms with Gasteiger partial charge in [-0.2, -0.15) is 0 Å². The van der Waals surface area contributed by atoms with E-state index < -0.39 is 0 Å². The number of carbonyl (C=O) groups excluding carboxylic acids is 1. The summed E-state index contributed by atoms with van der Waals surface area (Å²) in [5, 5.41) is 3.19. The molecule has 1 heterocycles. The lowest BCUT2D eigenvalue weighted by atomic mass is 10.8. The molecule has 0 aromatic carbocycles. The van der Waals surface area contributed by atoms with Crippen LogP contribution in [-0.4, -0.2) is 25.0 Å². The summed E-state index contributed by atoms with van der Waals surface area (Å²) in [6, 6.07) is 0. The van der Waals surface area contributed by atoms with Crippen LogP contribution >= 0.6 is 11.8 Å². The van der Waals surface area contributed by atoms with Crippen molar-refractivity contribution in [1.82, 2.24) is 5.32 Å². The fourth-order valence-corrected chi connectivity index (χ4v) is 1.08. The Morgan fingerprint density at radius 2 is 2.29 bits per heavy atom. The van der Waals surface area contributed by atoms with Crippen LogP contribution in [0.4, 0.5) is 0 Å². The van der Waals surface area contributed by atoms with Gasteiger partial charge in [0.1, 0.15) is 6.79 Å². The molecule has 2 nitrogen and oxygen atoms in total. The first-order valence-corrected chi connectivity index (χ1v) is 3.23. The number of thioether (sulfide) groups is 1. The Labute approximate surface area is 47.7 Å². The molecule has 0 aromatic rings. The van der Waals surface area contributed by atoms with E-state index in [4.69, 9.17) is 4.79 Å². The summed E-state index contributed by atoms with van der Waals surface area (Å²) in [5.41, 5.74) is 0. The summed E-state index contributed by atoms with van der Waals surface area (Å²) in [6.07, 6.45) is 0. The molecular formula is C4H9NOS. The first-order valence-electron chi connectivity index (χ1n) is 2.07. The van der Waals surface area contributed by atoms with Crippen LogP contribution in [0, 0.1) is 0 Å². The van der Waals surface area contributed by atoms with Gasteiger partial charge in [0, 0.05) is 18.2 Å². The molecule has 0 spiro atoms. The minimum Gasteiger partial charge on any atom is -0.307 e. The van der Waals surface area contributed by atoms with Gasteiger partial charge in [0.2, 0.25) is 0 Å². The van der Waals surface area contributed by atoms with E-state index in [2.05, 4.69) is 5.32 Å². The van der Waals surface area contributed by atoms with Crippen molar-refractivity contribution < 1.29 is 4.79 Å². The molecular weight excluding hydrogens is 110 g/mol. The standard InChI is InChI=1S/C3H7NS.CH2O/c1-2-5-3-4-1;1-2/h4H,1-3H2;1H2. The number of nitrogens with one attached hydrogen (secondary N) is 1. The number of rotatable bonds is 0. The lowest BCUT2D eigenvalue weighted by Crippen LogP contribution is -2.04. The van der Waals surface area contributed by atoms with E-state index in [0.29, 0.717) is 0 Å². The minimum atomic E-state index is 1.17. The molecule has 7 heavy (non-hydrogen) atoms. The first-order chi connectivity index (χ1) is 3.50. The van der Waals surface area contributed by atoms with Crippen molar-refractivity contribution >= 4 is 18.6 Å². The maximum atomic E-state index is 8.00. The van der Waals surface area contributed by atoms with Crippen molar-refractivity contribution in [1.29, 1.82) is 0 Å². The molecule has 42 valence electrons. The average Bonchev–Trinajstić information content (AvgIpc) is 2.23. The number of hydrogen-bond donors (Lipinski definition) is 1.